The van der Waals surface area contributed by atoms with E-state index in [1.54, 1.807) is 12.0 Å². The lowest BCUT2D eigenvalue weighted by Crippen LogP contribution is -2.49. The standard InChI is InChI=1S/C19H29N3O4/c1-15(2)14-26-19(24)22-12-10-21(11-13-22)9-8-18(23)20-16-6-4-5-7-17(16)25-3/h4-7,15H,8-14H2,1-3H3,(H,20,23). The quantitative estimate of drug-likeness (QED) is 0.806. The molecule has 1 heterocycles. The van der Waals surface area contributed by atoms with Crippen LogP contribution in [0.1, 0.15) is 20.3 Å². The zero-order chi connectivity index (χ0) is 18.9. The summed E-state index contributed by atoms with van der Waals surface area (Å²) in [7, 11) is 1.58. The molecule has 7 nitrogen and oxygen atoms in total. The van der Waals surface area contributed by atoms with Gasteiger partial charge >= 0.3 is 6.09 Å². The van der Waals surface area contributed by atoms with Crippen LogP contribution in [0.25, 0.3) is 0 Å². The Kier molecular flexibility index (Phi) is 7.72. The van der Waals surface area contributed by atoms with Crippen molar-refractivity contribution >= 4 is 17.7 Å². The van der Waals surface area contributed by atoms with Crippen LogP contribution >= 0.6 is 0 Å². The number of amides is 2. The number of hydrogen-bond acceptors (Lipinski definition) is 5. The van der Waals surface area contributed by atoms with Crippen molar-refractivity contribution in [1.82, 2.24) is 9.80 Å². The van der Waals surface area contributed by atoms with Gasteiger partial charge in [0.25, 0.3) is 0 Å². The molecule has 2 rings (SSSR count). The molecule has 7 heteroatoms. The number of rotatable bonds is 7. The number of anilines is 1. The number of methoxy groups -OCH3 is 1. The maximum Gasteiger partial charge on any atom is 0.409 e. The predicted molar refractivity (Wildman–Crippen MR) is 100 cm³/mol. The van der Waals surface area contributed by atoms with Crippen LogP contribution in [0.2, 0.25) is 0 Å². The molecule has 0 radical (unpaired) electrons. The summed E-state index contributed by atoms with van der Waals surface area (Å²) < 4.78 is 10.5. The summed E-state index contributed by atoms with van der Waals surface area (Å²) in [6, 6.07) is 7.35. The van der Waals surface area contributed by atoms with Crippen LogP contribution in [0.5, 0.6) is 5.75 Å². The lowest BCUT2D eigenvalue weighted by atomic mass is 10.2. The number of carbonyl (C=O) groups is 2. The second kappa shape index (κ2) is 10.0. The van der Waals surface area contributed by atoms with Crippen LogP contribution in [-0.4, -0.2) is 68.2 Å². The molecule has 0 saturated carbocycles. The molecule has 0 aliphatic carbocycles. The molecule has 26 heavy (non-hydrogen) atoms. The van der Waals surface area contributed by atoms with Crippen molar-refractivity contribution in [3.63, 3.8) is 0 Å². The van der Waals surface area contributed by atoms with Crippen molar-refractivity contribution in [1.29, 1.82) is 0 Å². The lowest BCUT2D eigenvalue weighted by molar-refractivity contribution is -0.116. The van der Waals surface area contributed by atoms with Crippen LogP contribution in [-0.2, 0) is 9.53 Å². The Morgan fingerprint density at radius 2 is 1.85 bits per heavy atom. The molecule has 2 amide bonds. The van der Waals surface area contributed by atoms with Gasteiger partial charge in [-0.2, -0.15) is 0 Å². The molecule has 1 aromatic rings. The molecule has 1 aliphatic heterocycles. The monoisotopic (exact) mass is 363 g/mol. The van der Waals surface area contributed by atoms with E-state index >= 15 is 0 Å². The van der Waals surface area contributed by atoms with Gasteiger partial charge in [0, 0.05) is 39.1 Å². The van der Waals surface area contributed by atoms with Gasteiger partial charge in [0.15, 0.2) is 0 Å². The van der Waals surface area contributed by atoms with Crippen molar-refractivity contribution in [2.45, 2.75) is 20.3 Å². The molecule has 0 unspecified atom stereocenters. The number of ether oxygens (including phenoxy) is 2. The summed E-state index contributed by atoms with van der Waals surface area (Å²) in [5.74, 6) is 0.935. The first-order valence-corrected chi connectivity index (χ1v) is 9.06. The van der Waals surface area contributed by atoms with Crippen LogP contribution in [0, 0.1) is 5.92 Å². The van der Waals surface area contributed by atoms with E-state index in [2.05, 4.69) is 10.2 Å². The number of nitrogens with one attached hydrogen (secondary N) is 1. The van der Waals surface area contributed by atoms with E-state index in [0.717, 1.165) is 13.1 Å². The Hall–Kier alpha value is -2.28. The fourth-order valence-electron chi connectivity index (χ4n) is 2.70. The Balaban J connectivity index is 1.69. The predicted octanol–water partition coefficient (Wildman–Crippen LogP) is 2.43. The smallest absolute Gasteiger partial charge is 0.409 e. The van der Waals surface area contributed by atoms with E-state index < -0.39 is 0 Å². The first-order chi connectivity index (χ1) is 12.5. The van der Waals surface area contributed by atoms with Crippen molar-refractivity contribution in [2.75, 3.05) is 51.8 Å². The average molecular weight is 363 g/mol. The molecule has 1 aliphatic rings. The molecule has 1 N–H and O–H groups in total. The van der Waals surface area contributed by atoms with Gasteiger partial charge in [-0.15, -0.1) is 0 Å². The number of benzene rings is 1. The summed E-state index contributed by atoms with van der Waals surface area (Å²) in [6.45, 7) is 7.90. The van der Waals surface area contributed by atoms with Crippen molar-refractivity contribution in [3.8, 4) is 5.75 Å². The SMILES string of the molecule is COc1ccccc1NC(=O)CCN1CCN(C(=O)OCC(C)C)CC1. The highest BCUT2D eigenvalue weighted by atomic mass is 16.6. The normalized spacial score (nSPS) is 15.0. The Bertz CT molecular complexity index is 598. The summed E-state index contributed by atoms with van der Waals surface area (Å²) in [6.07, 6.45) is 0.155. The fraction of sp³-hybridized carbons (Fsp3) is 0.579. The van der Waals surface area contributed by atoms with E-state index in [0.29, 0.717) is 50.0 Å². The van der Waals surface area contributed by atoms with E-state index in [4.69, 9.17) is 9.47 Å². The van der Waals surface area contributed by atoms with Crippen LogP contribution in [0.15, 0.2) is 24.3 Å². The van der Waals surface area contributed by atoms with Gasteiger partial charge in [-0.3, -0.25) is 9.69 Å². The molecule has 0 atom stereocenters. The number of carbonyl (C=O) groups excluding carboxylic acids is 2. The Morgan fingerprint density at radius 1 is 1.15 bits per heavy atom. The van der Waals surface area contributed by atoms with Crippen molar-refractivity contribution in [3.05, 3.63) is 24.3 Å². The third-order valence-corrected chi connectivity index (χ3v) is 4.21. The summed E-state index contributed by atoms with van der Waals surface area (Å²) in [5.41, 5.74) is 0.678. The molecule has 1 saturated heterocycles. The molecule has 1 fully saturated rings. The van der Waals surface area contributed by atoms with E-state index in [1.807, 2.05) is 38.1 Å². The lowest BCUT2D eigenvalue weighted by Gasteiger charge is -2.34. The van der Waals surface area contributed by atoms with Crippen LogP contribution in [0.3, 0.4) is 0 Å². The molecule has 0 aromatic heterocycles. The molecular formula is C19H29N3O4. The van der Waals surface area contributed by atoms with Gasteiger partial charge in [-0.25, -0.2) is 4.79 Å². The molecular weight excluding hydrogens is 334 g/mol. The van der Waals surface area contributed by atoms with E-state index in [9.17, 15) is 9.59 Å². The molecule has 1 aromatic carbocycles. The van der Waals surface area contributed by atoms with Crippen LogP contribution in [0.4, 0.5) is 10.5 Å². The minimum atomic E-state index is -0.243. The number of hydrogen-bond donors (Lipinski definition) is 1. The highest BCUT2D eigenvalue weighted by Crippen LogP contribution is 2.23. The minimum Gasteiger partial charge on any atom is -0.495 e. The van der Waals surface area contributed by atoms with Crippen molar-refractivity contribution in [2.24, 2.45) is 5.92 Å². The number of nitrogens with zero attached hydrogens (tertiary/aromatic N) is 2. The first-order valence-electron chi connectivity index (χ1n) is 9.06. The Morgan fingerprint density at radius 3 is 2.50 bits per heavy atom. The van der Waals surface area contributed by atoms with Crippen LogP contribution < -0.4 is 10.1 Å². The number of piperazine rings is 1. The largest absolute Gasteiger partial charge is 0.495 e. The third kappa shape index (κ3) is 6.22. The topological polar surface area (TPSA) is 71.1 Å². The zero-order valence-electron chi connectivity index (χ0n) is 15.9. The molecule has 144 valence electrons. The van der Waals surface area contributed by atoms with Gasteiger partial charge in [0.1, 0.15) is 5.75 Å². The van der Waals surface area contributed by atoms with Crippen molar-refractivity contribution < 1.29 is 19.1 Å². The summed E-state index contributed by atoms with van der Waals surface area (Å²) >= 11 is 0. The third-order valence-electron chi connectivity index (χ3n) is 4.21. The van der Waals surface area contributed by atoms with E-state index in [1.165, 1.54) is 0 Å². The average Bonchev–Trinajstić information content (AvgIpc) is 2.65. The Labute approximate surface area is 155 Å². The fourth-order valence-corrected chi connectivity index (χ4v) is 2.70. The van der Waals surface area contributed by atoms with Gasteiger partial charge in [-0.1, -0.05) is 26.0 Å². The second-order valence-corrected chi connectivity index (χ2v) is 6.80. The first kappa shape index (κ1) is 20.0. The van der Waals surface area contributed by atoms with Gasteiger partial charge in [0.2, 0.25) is 5.91 Å². The number of para-hydroxylation sites is 2. The highest BCUT2D eigenvalue weighted by molar-refractivity contribution is 5.92. The molecule has 0 spiro atoms. The zero-order valence-corrected chi connectivity index (χ0v) is 15.9. The molecule has 0 bridgehead atoms. The highest BCUT2D eigenvalue weighted by Gasteiger charge is 2.22. The van der Waals surface area contributed by atoms with Gasteiger partial charge in [-0.05, 0) is 18.1 Å². The summed E-state index contributed by atoms with van der Waals surface area (Å²) in [4.78, 5) is 28.0. The van der Waals surface area contributed by atoms with Gasteiger partial charge < -0.3 is 19.7 Å². The summed E-state index contributed by atoms with van der Waals surface area (Å²) in [5, 5.41) is 2.88. The maximum absolute atomic E-state index is 12.2. The van der Waals surface area contributed by atoms with Gasteiger partial charge in [0.05, 0.1) is 19.4 Å². The maximum atomic E-state index is 12.2. The van der Waals surface area contributed by atoms with E-state index in [-0.39, 0.29) is 12.0 Å². The minimum absolute atomic E-state index is 0.0479. The second-order valence-electron chi connectivity index (χ2n) is 6.80.